The van der Waals surface area contributed by atoms with Gasteiger partial charge in [-0.3, -0.25) is 0 Å². The maximum absolute atomic E-state index is 9.82. The van der Waals surface area contributed by atoms with Crippen LogP contribution in [0, 0.1) is 0 Å². The van der Waals surface area contributed by atoms with Crippen molar-refractivity contribution < 1.29 is 9.59 Å². The summed E-state index contributed by atoms with van der Waals surface area (Å²) >= 11 is 0. The summed E-state index contributed by atoms with van der Waals surface area (Å²) < 4.78 is 0. The average molecular weight is 148 g/mol. The van der Waals surface area contributed by atoms with E-state index in [1.807, 2.05) is 0 Å². The van der Waals surface area contributed by atoms with Gasteiger partial charge in [-0.25, -0.2) is 9.59 Å². The molecule has 0 radical (unpaired) electrons. The van der Waals surface area contributed by atoms with Crippen molar-refractivity contribution in [3.8, 4) is 0 Å². The highest BCUT2D eigenvalue weighted by Crippen LogP contribution is 2.19. The predicted molar refractivity (Wildman–Crippen MR) is 37.0 cm³/mol. The molecule has 0 aliphatic heterocycles. The van der Waals surface area contributed by atoms with Crippen LogP contribution < -0.4 is 0 Å². The molecular formula is C7H4N2O2. The van der Waals surface area contributed by atoms with E-state index in [1.54, 1.807) is 12.2 Å². The summed E-state index contributed by atoms with van der Waals surface area (Å²) in [7, 11) is 0. The molecule has 1 aliphatic rings. The minimum atomic E-state index is 0.392. The van der Waals surface area contributed by atoms with Crippen LogP contribution in [0.4, 0.5) is 0 Å². The van der Waals surface area contributed by atoms with Crippen LogP contribution in [0.3, 0.4) is 0 Å². The Hall–Kier alpha value is -1.76. The Bertz CT molecular complexity index is 315. The van der Waals surface area contributed by atoms with Crippen LogP contribution >= 0.6 is 0 Å². The first-order valence-corrected chi connectivity index (χ1v) is 2.94. The molecule has 0 heterocycles. The third kappa shape index (κ3) is 1.58. The highest BCUT2D eigenvalue weighted by Gasteiger charge is 2.06. The van der Waals surface area contributed by atoms with Crippen LogP contribution in [-0.2, 0) is 9.59 Å². The third-order valence-electron chi connectivity index (χ3n) is 1.23. The summed E-state index contributed by atoms with van der Waals surface area (Å²) in [5.74, 6) is 0. The summed E-state index contributed by atoms with van der Waals surface area (Å²) in [6, 6.07) is 0. The van der Waals surface area contributed by atoms with Crippen molar-refractivity contribution in [2.45, 2.75) is 6.42 Å². The van der Waals surface area contributed by atoms with Gasteiger partial charge in [0.2, 0.25) is 12.2 Å². The summed E-state index contributed by atoms with van der Waals surface area (Å²) in [4.78, 5) is 26.3. The molecule has 0 spiro atoms. The van der Waals surface area contributed by atoms with Gasteiger partial charge in [0.15, 0.2) is 0 Å². The molecule has 54 valence electrons. The van der Waals surface area contributed by atoms with Gasteiger partial charge in [-0.2, -0.15) is 9.98 Å². The summed E-state index contributed by atoms with van der Waals surface area (Å²) in [5, 5.41) is 0. The minimum absolute atomic E-state index is 0.392. The number of rotatable bonds is 2. The minimum Gasteiger partial charge on any atom is -0.211 e. The zero-order valence-electron chi connectivity index (χ0n) is 5.57. The standard InChI is InChI=1S/C7H4N2O2/c10-4-8-6-2-1-3-7(6)9-5-11/h1-2H,3H2. The fourth-order valence-corrected chi connectivity index (χ4v) is 0.792. The molecule has 0 aromatic carbocycles. The molecule has 1 aliphatic carbocycles. The second-order valence-electron chi connectivity index (χ2n) is 1.84. The van der Waals surface area contributed by atoms with Gasteiger partial charge in [-0.05, 0) is 6.08 Å². The van der Waals surface area contributed by atoms with Crippen LogP contribution in [0.1, 0.15) is 6.42 Å². The Balaban J connectivity index is 3.01. The van der Waals surface area contributed by atoms with Gasteiger partial charge >= 0.3 is 0 Å². The number of nitrogens with zero attached hydrogens (tertiary/aromatic N) is 2. The Morgan fingerprint density at radius 2 is 2.00 bits per heavy atom. The van der Waals surface area contributed by atoms with E-state index in [0.717, 1.165) is 0 Å². The molecule has 0 bridgehead atoms. The molecule has 0 saturated carbocycles. The molecule has 0 N–H and O–H groups in total. The zero-order valence-corrected chi connectivity index (χ0v) is 5.57. The maximum Gasteiger partial charge on any atom is 0.240 e. The van der Waals surface area contributed by atoms with Crippen molar-refractivity contribution in [2.75, 3.05) is 0 Å². The van der Waals surface area contributed by atoms with Gasteiger partial charge in [0.1, 0.15) is 0 Å². The predicted octanol–water partition coefficient (Wildman–Crippen LogP) is 0.830. The van der Waals surface area contributed by atoms with Crippen molar-refractivity contribution in [1.29, 1.82) is 0 Å². The van der Waals surface area contributed by atoms with Gasteiger partial charge in [0.25, 0.3) is 0 Å². The monoisotopic (exact) mass is 148 g/mol. The number of hydrogen-bond donors (Lipinski definition) is 0. The number of aliphatic imine (C=N–C) groups is 2. The Morgan fingerprint density at radius 3 is 2.64 bits per heavy atom. The number of allylic oxidation sites excluding steroid dienone is 2. The lowest BCUT2D eigenvalue weighted by molar-refractivity contribution is 0.563. The second-order valence-corrected chi connectivity index (χ2v) is 1.84. The number of carbonyl (C=O) groups excluding carboxylic acids is 2. The van der Waals surface area contributed by atoms with Crippen LogP contribution in [0.2, 0.25) is 0 Å². The quantitative estimate of drug-likeness (QED) is 0.430. The Kier molecular flexibility index (Phi) is 2.28. The van der Waals surface area contributed by atoms with E-state index in [-0.39, 0.29) is 0 Å². The third-order valence-corrected chi connectivity index (χ3v) is 1.23. The van der Waals surface area contributed by atoms with Crippen molar-refractivity contribution in [2.24, 2.45) is 9.98 Å². The first-order valence-electron chi connectivity index (χ1n) is 2.94. The lowest BCUT2D eigenvalue weighted by atomic mass is 10.4. The van der Waals surface area contributed by atoms with E-state index >= 15 is 0 Å². The summed E-state index contributed by atoms with van der Waals surface area (Å²) in [5.41, 5.74) is 0.853. The first kappa shape index (κ1) is 7.35. The van der Waals surface area contributed by atoms with Gasteiger partial charge in [-0.1, -0.05) is 6.08 Å². The van der Waals surface area contributed by atoms with E-state index in [2.05, 4.69) is 9.98 Å². The summed E-state index contributed by atoms with van der Waals surface area (Å²) in [6.07, 6.45) is 6.65. The highest BCUT2D eigenvalue weighted by atomic mass is 16.1. The Morgan fingerprint density at radius 1 is 1.27 bits per heavy atom. The van der Waals surface area contributed by atoms with E-state index in [1.165, 1.54) is 12.2 Å². The highest BCUT2D eigenvalue weighted by molar-refractivity contribution is 5.47. The van der Waals surface area contributed by atoms with Gasteiger partial charge in [0, 0.05) is 6.42 Å². The molecule has 0 fully saturated rings. The molecular weight excluding hydrogens is 144 g/mol. The lowest BCUT2D eigenvalue weighted by Gasteiger charge is -1.87. The van der Waals surface area contributed by atoms with Crippen LogP contribution in [0.25, 0.3) is 0 Å². The van der Waals surface area contributed by atoms with E-state index < -0.39 is 0 Å². The molecule has 0 saturated heterocycles. The van der Waals surface area contributed by atoms with Gasteiger partial charge in [0.05, 0.1) is 11.4 Å². The molecule has 4 heteroatoms. The van der Waals surface area contributed by atoms with E-state index in [0.29, 0.717) is 17.8 Å². The largest absolute Gasteiger partial charge is 0.240 e. The van der Waals surface area contributed by atoms with Crippen LogP contribution in [0.15, 0.2) is 33.5 Å². The fourth-order valence-electron chi connectivity index (χ4n) is 0.792. The molecule has 4 nitrogen and oxygen atoms in total. The molecule has 0 unspecified atom stereocenters. The van der Waals surface area contributed by atoms with E-state index in [4.69, 9.17) is 0 Å². The average Bonchev–Trinajstić information content (AvgIpc) is 2.39. The topological polar surface area (TPSA) is 58.9 Å². The van der Waals surface area contributed by atoms with E-state index in [9.17, 15) is 9.59 Å². The van der Waals surface area contributed by atoms with Gasteiger partial charge in [-0.15, -0.1) is 0 Å². The van der Waals surface area contributed by atoms with Crippen molar-refractivity contribution in [1.82, 2.24) is 0 Å². The van der Waals surface area contributed by atoms with Crippen LogP contribution in [-0.4, -0.2) is 12.2 Å². The smallest absolute Gasteiger partial charge is 0.211 e. The number of hydrogen-bond acceptors (Lipinski definition) is 4. The van der Waals surface area contributed by atoms with Crippen LogP contribution in [0.5, 0.6) is 0 Å². The molecule has 11 heavy (non-hydrogen) atoms. The second kappa shape index (κ2) is 3.42. The molecule has 1 rings (SSSR count). The molecule has 0 aromatic heterocycles. The molecule has 0 aromatic rings. The lowest BCUT2D eigenvalue weighted by Crippen LogP contribution is -1.75. The van der Waals surface area contributed by atoms with Crippen molar-refractivity contribution in [3.63, 3.8) is 0 Å². The van der Waals surface area contributed by atoms with Gasteiger partial charge < -0.3 is 0 Å². The van der Waals surface area contributed by atoms with Crippen molar-refractivity contribution in [3.05, 3.63) is 23.5 Å². The van der Waals surface area contributed by atoms with Crippen molar-refractivity contribution >= 4 is 12.2 Å². The SMILES string of the molecule is O=C=NC1=C(N=C=O)CC=C1. The fraction of sp³-hybridized carbons (Fsp3) is 0.143. The molecule has 0 atom stereocenters. The number of isocyanates is 2. The zero-order chi connectivity index (χ0) is 8.10. The maximum atomic E-state index is 9.82. The Labute approximate surface area is 62.7 Å². The first-order chi connectivity index (χ1) is 5.38. The molecule has 0 amide bonds. The normalized spacial score (nSPS) is 14.2. The summed E-state index contributed by atoms with van der Waals surface area (Å²) in [6.45, 7) is 0.